The zero-order valence-electron chi connectivity index (χ0n) is 33.1. The van der Waals surface area contributed by atoms with Gasteiger partial charge in [0.2, 0.25) is 0 Å². The van der Waals surface area contributed by atoms with Gasteiger partial charge in [-0.2, -0.15) is 5.10 Å². The first-order valence-electron chi connectivity index (χ1n) is 18.5. The van der Waals surface area contributed by atoms with Crippen LogP contribution in [-0.4, -0.2) is 148 Å². The number of aliphatic hydroxyl groups is 3. The molecule has 0 saturated carbocycles. The number of carbonyl (C=O) groups excluding carboxylic acids is 1. The molecular formula is C37H66N4O10. The molecule has 14 heteroatoms. The number of esters is 1. The van der Waals surface area contributed by atoms with Gasteiger partial charge in [0.25, 0.3) is 0 Å². The van der Waals surface area contributed by atoms with E-state index in [0.717, 1.165) is 5.69 Å². The van der Waals surface area contributed by atoms with E-state index in [9.17, 15) is 20.1 Å². The summed E-state index contributed by atoms with van der Waals surface area (Å²) >= 11 is 0. The Balaban J connectivity index is 1.80. The van der Waals surface area contributed by atoms with Crippen molar-refractivity contribution in [1.29, 1.82) is 0 Å². The Morgan fingerprint density at radius 3 is 2.27 bits per heavy atom. The van der Waals surface area contributed by atoms with Crippen LogP contribution in [0.3, 0.4) is 0 Å². The minimum absolute atomic E-state index is 0.0248. The molecule has 0 spiro atoms. The smallest absolute Gasteiger partial charge is 0.312 e. The van der Waals surface area contributed by atoms with Crippen LogP contribution < -0.4 is 0 Å². The zero-order chi connectivity index (χ0) is 38.2. The van der Waals surface area contributed by atoms with Crippen LogP contribution in [0.15, 0.2) is 12.3 Å². The standard InChI is InChI=1S/C37H66N4O10/c1-20-17-36(7,45)33(51-35-29(42)27(39(9)10)16-21(2)47-35)22(3)30(49-28-18-37(8,46-13)32(43)25(6)48-28)23(4)34(44)50-31(24(5)40(11)19-20)26-14-15-38-41(26)12/h14-15,20-25,27-33,35,42-43,45H,16-19H2,1-13H3/t20-,21-,22+,23-,24+,25+,27+,28+,29-,30+,31+,32+,33-,35+,36+,37-/m1/s1. The SMILES string of the molecule is CO[C@]1(C)C[C@H](O[C@H]2[C@H](C)[C@@H](O[C@@H]3O[C@H](C)C[C@H](N(C)C)[C@H]3O)[C@@](C)(O)C[C@@H](C)CN(C)[C@@H](C)[C@@H](c3ccnn3C)OC(=O)[C@@H]2C)O[C@@H](C)[C@@H]1O. The van der Waals surface area contributed by atoms with E-state index in [1.165, 1.54) is 7.11 Å². The molecule has 0 aromatic carbocycles. The number of hydrogen-bond acceptors (Lipinski definition) is 13. The van der Waals surface area contributed by atoms with Crippen LogP contribution >= 0.6 is 0 Å². The summed E-state index contributed by atoms with van der Waals surface area (Å²) < 4.78 is 39.8. The zero-order valence-corrected chi connectivity index (χ0v) is 33.1. The molecule has 0 aliphatic carbocycles. The van der Waals surface area contributed by atoms with E-state index in [4.69, 9.17) is 28.4 Å². The molecule has 3 N–H and O–H groups in total. The van der Waals surface area contributed by atoms with Crippen molar-refractivity contribution in [3.8, 4) is 0 Å². The number of carbonyl (C=O) groups is 1. The molecule has 1 aromatic rings. The first-order chi connectivity index (χ1) is 23.7. The fourth-order valence-corrected chi connectivity index (χ4v) is 8.49. The van der Waals surface area contributed by atoms with E-state index < -0.39 is 78.2 Å². The molecule has 0 radical (unpaired) electrons. The minimum atomic E-state index is -1.46. The van der Waals surface area contributed by atoms with Crippen molar-refractivity contribution in [3.05, 3.63) is 18.0 Å². The molecule has 4 rings (SSSR count). The monoisotopic (exact) mass is 726 g/mol. The van der Waals surface area contributed by atoms with Crippen molar-refractivity contribution in [3.63, 3.8) is 0 Å². The van der Waals surface area contributed by atoms with Crippen molar-refractivity contribution < 1.29 is 48.5 Å². The van der Waals surface area contributed by atoms with E-state index in [2.05, 4.69) is 16.9 Å². The van der Waals surface area contributed by atoms with Crippen molar-refractivity contribution in [2.75, 3.05) is 34.8 Å². The number of aryl methyl sites for hydroxylation is 1. The second-order valence-corrected chi connectivity index (χ2v) is 16.4. The Labute approximate surface area is 304 Å². The highest BCUT2D eigenvalue weighted by Crippen LogP contribution is 2.40. The van der Waals surface area contributed by atoms with Gasteiger partial charge >= 0.3 is 5.97 Å². The predicted molar refractivity (Wildman–Crippen MR) is 189 cm³/mol. The summed E-state index contributed by atoms with van der Waals surface area (Å²) in [5.41, 5.74) is -1.69. The quantitative estimate of drug-likeness (QED) is 0.353. The third-order valence-electron chi connectivity index (χ3n) is 11.7. The van der Waals surface area contributed by atoms with Crippen molar-refractivity contribution in [1.82, 2.24) is 19.6 Å². The lowest BCUT2D eigenvalue weighted by Crippen LogP contribution is -2.60. The highest BCUT2D eigenvalue weighted by atomic mass is 16.7. The van der Waals surface area contributed by atoms with Crippen molar-refractivity contribution in [2.45, 2.75) is 153 Å². The molecule has 16 atom stereocenters. The number of aromatic nitrogens is 2. The normalized spacial score (nSPS) is 45.5. The Kier molecular flexibility index (Phi) is 13.8. The average molecular weight is 727 g/mol. The van der Waals surface area contributed by atoms with Gasteiger partial charge in [-0.25, -0.2) is 0 Å². The highest BCUT2D eigenvalue weighted by Gasteiger charge is 2.51. The van der Waals surface area contributed by atoms with Gasteiger partial charge in [0, 0.05) is 51.3 Å². The summed E-state index contributed by atoms with van der Waals surface area (Å²) in [6.45, 7) is 15.5. The molecule has 3 fully saturated rings. The first kappa shape index (κ1) is 42.0. The summed E-state index contributed by atoms with van der Waals surface area (Å²) in [4.78, 5) is 18.5. The summed E-state index contributed by atoms with van der Waals surface area (Å²) in [7, 11) is 9.16. The molecule has 0 bridgehead atoms. The Morgan fingerprint density at radius 1 is 1.02 bits per heavy atom. The lowest BCUT2D eigenvalue weighted by molar-refractivity contribution is -0.317. The van der Waals surface area contributed by atoms with E-state index in [1.807, 2.05) is 59.9 Å². The summed E-state index contributed by atoms with van der Waals surface area (Å²) in [5, 5.41) is 39.3. The summed E-state index contributed by atoms with van der Waals surface area (Å²) in [6.07, 6.45) is -4.39. The van der Waals surface area contributed by atoms with Gasteiger partial charge in [-0.3, -0.25) is 14.4 Å². The molecule has 0 amide bonds. The maximum atomic E-state index is 14.4. The molecule has 3 aliphatic rings. The molecule has 14 nitrogen and oxygen atoms in total. The predicted octanol–water partition coefficient (Wildman–Crippen LogP) is 2.49. The van der Waals surface area contributed by atoms with Gasteiger partial charge in [-0.15, -0.1) is 0 Å². The molecule has 1 aromatic heterocycles. The second kappa shape index (κ2) is 16.7. The maximum absolute atomic E-state index is 14.4. The Hall–Kier alpha value is -1.72. The fourth-order valence-electron chi connectivity index (χ4n) is 8.49. The van der Waals surface area contributed by atoms with Crippen LogP contribution in [0.2, 0.25) is 0 Å². The van der Waals surface area contributed by atoms with E-state index >= 15 is 0 Å². The third-order valence-corrected chi connectivity index (χ3v) is 11.7. The number of aliphatic hydroxyl groups excluding tert-OH is 2. The Bertz CT molecular complexity index is 1280. The van der Waals surface area contributed by atoms with Gasteiger partial charge in [-0.05, 0) is 87.5 Å². The third kappa shape index (κ3) is 9.33. The molecule has 4 heterocycles. The van der Waals surface area contributed by atoms with Gasteiger partial charge in [0.05, 0.1) is 47.2 Å². The van der Waals surface area contributed by atoms with E-state index in [1.54, 1.807) is 38.6 Å². The van der Waals surface area contributed by atoms with Crippen LogP contribution in [0.25, 0.3) is 0 Å². The van der Waals surface area contributed by atoms with E-state index in [-0.39, 0.29) is 30.5 Å². The molecule has 0 unspecified atom stereocenters. The highest BCUT2D eigenvalue weighted by molar-refractivity contribution is 5.73. The molecule has 3 aliphatic heterocycles. The Morgan fingerprint density at radius 2 is 1.69 bits per heavy atom. The second-order valence-electron chi connectivity index (χ2n) is 16.4. The fraction of sp³-hybridized carbons (Fsp3) is 0.892. The van der Waals surface area contributed by atoms with Gasteiger partial charge in [-0.1, -0.05) is 13.8 Å². The number of nitrogens with zero attached hydrogens (tertiary/aromatic N) is 4. The van der Waals surface area contributed by atoms with Crippen LogP contribution in [0, 0.1) is 17.8 Å². The number of hydrogen-bond donors (Lipinski definition) is 3. The van der Waals surface area contributed by atoms with Gasteiger partial charge < -0.3 is 48.6 Å². The molecule has 294 valence electrons. The van der Waals surface area contributed by atoms with Crippen molar-refractivity contribution >= 4 is 5.97 Å². The summed E-state index contributed by atoms with van der Waals surface area (Å²) in [6, 6.07) is 1.38. The molecule has 51 heavy (non-hydrogen) atoms. The molecule has 3 saturated heterocycles. The topological polar surface area (TPSA) is 157 Å². The summed E-state index contributed by atoms with van der Waals surface area (Å²) in [5.74, 6) is -2.06. The first-order valence-corrected chi connectivity index (χ1v) is 18.5. The largest absolute Gasteiger partial charge is 0.454 e. The number of likely N-dealkylation sites (N-methyl/N-ethyl adjacent to an activating group) is 2. The average Bonchev–Trinajstić information content (AvgIpc) is 3.48. The van der Waals surface area contributed by atoms with Crippen LogP contribution in [-0.2, 0) is 40.3 Å². The maximum Gasteiger partial charge on any atom is 0.312 e. The van der Waals surface area contributed by atoms with Crippen LogP contribution in [0.5, 0.6) is 0 Å². The van der Waals surface area contributed by atoms with E-state index in [0.29, 0.717) is 19.4 Å². The number of cyclic esters (lactones) is 1. The van der Waals surface area contributed by atoms with Crippen LogP contribution in [0.1, 0.15) is 86.5 Å². The number of ether oxygens (including phenoxy) is 6. The lowest BCUT2D eigenvalue weighted by atomic mass is 9.77. The van der Waals surface area contributed by atoms with Crippen LogP contribution in [0.4, 0.5) is 0 Å². The lowest BCUT2D eigenvalue weighted by Gasteiger charge is -2.48. The number of methoxy groups -OCH3 is 1. The van der Waals surface area contributed by atoms with Gasteiger partial charge in [0.15, 0.2) is 18.7 Å². The number of rotatable bonds is 7. The minimum Gasteiger partial charge on any atom is -0.454 e. The van der Waals surface area contributed by atoms with Crippen molar-refractivity contribution in [2.24, 2.45) is 24.8 Å². The van der Waals surface area contributed by atoms with Gasteiger partial charge in [0.1, 0.15) is 12.2 Å². The molecular weight excluding hydrogens is 660 g/mol.